The van der Waals surface area contributed by atoms with E-state index >= 15 is 0 Å². The zero-order chi connectivity index (χ0) is 15.9. The summed E-state index contributed by atoms with van der Waals surface area (Å²) in [6.07, 6.45) is 1.32. The molecule has 6 nitrogen and oxygen atoms in total. The highest BCUT2D eigenvalue weighted by Gasteiger charge is 2.17. The van der Waals surface area contributed by atoms with Crippen LogP contribution in [0.15, 0.2) is 0 Å². The van der Waals surface area contributed by atoms with Crippen LogP contribution in [0.3, 0.4) is 0 Å². The minimum Gasteiger partial charge on any atom is -0.378 e. The van der Waals surface area contributed by atoms with Crippen molar-refractivity contribution >= 4 is 0 Å². The molecule has 0 radical (unpaired) electrons. The Morgan fingerprint density at radius 1 is 0.864 bits per heavy atom. The van der Waals surface area contributed by atoms with E-state index < -0.39 is 0 Å². The molecular formula is C16H34N2O4. The van der Waals surface area contributed by atoms with Crippen LogP contribution in [-0.4, -0.2) is 91.0 Å². The van der Waals surface area contributed by atoms with E-state index in [1.54, 1.807) is 0 Å². The lowest BCUT2D eigenvalue weighted by Crippen LogP contribution is -2.25. The summed E-state index contributed by atoms with van der Waals surface area (Å²) in [5.74, 6) is 0.844. The molecule has 0 unspecified atom stereocenters. The highest BCUT2D eigenvalue weighted by molar-refractivity contribution is 4.71. The van der Waals surface area contributed by atoms with Crippen LogP contribution in [0.2, 0.25) is 0 Å². The van der Waals surface area contributed by atoms with Gasteiger partial charge in [0.2, 0.25) is 0 Å². The number of hydrogen-bond acceptors (Lipinski definition) is 6. The second kappa shape index (κ2) is 14.4. The van der Waals surface area contributed by atoms with Gasteiger partial charge in [0.25, 0.3) is 0 Å². The molecule has 1 atom stereocenters. The Bertz CT molecular complexity index is 244. The third-order valence-corrected chi connectivity index (χ3v) is 3.67. The number of nitrogens with zero attached hydrogens (tertiary/aromatic N) is 1. The van der Waals surface area contributed by atoms with Gasteiger partial charge in [-0.25, -0.2) is 0 Å². The average molecular weight is 318 g/mol. The van der Waals surface area contributed by atoms with Crippen LogP contribution < -0.4 is 5.32 Å². The smallest absolute Gasteiger partial charge is 0.0701 e. The van der Waals surface area contributed by atoms with Crippen molar-refractivity contribution in [3.8, 4) is 0 Å². The van der Waals surface area contributed by atoms with Gasteiger partial charge < -0.3 is 29.2 Å². The molecule has 22 heavy (non-hydrogen) atoms. The first-order chi connectivity index (χ1) is 10.8. The molecule has 0 amide bonds. The van der Waals surface area contributed by atoms with E-state index in [1.807, 2.05) is 7.05 Å². The van der Waals surface area contributed by atoms with E-state index in [4.69, 9.17) is 18.9 Å². The minimum atomic E-state index is 0.612. The van der Waals surface area contributed by atoms with Crippen LogP contribution in [0, 0.1) is 5.92 Å². The van der Waals surface area contributed by atoms with Gasteiger partial charge >= 0.3 is 0 Å². The Kier molecular flexibility index (Phi) is 12.9. The molecule has 0 aliphatic carbocycles. The van der Waals surface area contributed by atoms with Gasteiger partial charge in [-0.2, -0.15) is 0 Å². The Morgan fingerprint density at radius 2 is 1.41 bits per heavy atom. The summed E-state index contributed by atoms with van der Waals surface area (Å²) in [6.45, 7) is 12.0. The Labute approximate surface area is 135 Å². The quantitative estimate of drug-likeness (QED) is 0.447. The van der Waals surface area contributed by atoms with E-state index in [9.17, 15) is 0 Å². The first kappa shape index (κ1) is 19.8. The lowest BCUT2D eigenvalue weighted by molar-refractivity contribution is -0.00302. The van der Waals surface area contributed by atoms with Crippen LogP contribution in [0.5, 0.6) is 0 Å². The fourth-order valence-corrected chi connectivity index (χ4v) is 2.36. The Balaban J connectivity index is 1.68. The molecule has 132 valence electrons. The van der Waals surface area contributed by atoms with Crippen molar-refractivity contribution in [1.29, 1.82) is 0 Å². The van der Waals surface area contributed by atoms with Crippen LogP contribution in [0.1, 0.15) is 13.3 Å². The Morgan fingerprint density at radius 3 is 1.91 bits per heavy atom. The van der Waals surface area contributed by atoms with Crippen molar-refractivity contribution in [3.63, 3.8) is 0 Å². The van der Waals surface area contributed by atoms with Crippen molar-refractivity contribution in [3.05, 3.63) is 0 Å². The summed E-state index contributed by atoms with van der Waals surface area (Å²) in [5.41, 5.74) is 0. The SMILES string of the molecule is CNCCOCCOCCOCCOCCN1CC[C@H](C)C1. The third-order valence-electron chi connectivity index (χ3n) is 3.67. The molecule has 0 aromatic carbocycles. The van der Waals surface area contributed by atoms with Gasteiger partial charge in [-0.05, 0) is 25.9 Å². The maximum absolute atomic E-state index is 5.58. The maximum atomic E-state index is 5.58. The zero-order valence-electron chi connectivity index (χ0n) is 14.3. The molecule has 0 spiro atoms. The fraction of sp³-hybridized carbons (Fsp3) is 1.00. The molecule has 1 N–H and O–H groups in total. The van der Waals surface area contributed by atoms with Crippen molar-refractivity contribution in [1.82, 2.24) is 10.2 Å². The summed E-state index contributed by atoms with van der Waals surface area (Å²) in [5, 5.41) is 3.02. The monoisotopic (exact) mass is 318 g/mol. The Hall–Kier alpha value is -0.240. The molecule has 1 aliphatic rings. The van der Waals surface area contributed by atoms with E-state index in [1.165, 1.54) is 19.5 Å². The summed E-state index contributed by atoms with van der Waals surface area (Å²) in [4.78, 5) is 2.47. The van der Waals surface area contributed by atoms with Gasteiger partial charge in [-0.1, -0.05) is 6.92 Å². The van der Waals surface area contributed by atoms with Gasteiger partial charge in [0.05, 0.1) is 52.9 Å². The molecule has 1 rings (SSSR count). The van der Waals surface area contributed by atoms with Crippen LogP contribution >= 0.6 is 0 Å². The molecule has 0 aromatic rings. The lowest BCUT2D eigenvalue weighted by Gasteiger charge is -2.15. The molecule has 1 saturated heterocycles. The first-order valence-electron chi connectivity index (χ1n) is 8.51. The van der Waals surface area contributed by atoms with Crippen molar-refractivity contribution in [2.24, 2.45) is 5.92 Å². The van der Waals surface area contributed by atoms with E-state index in [0.717, 1.165) is 32.2 Å². The van der Waals surface area contributed by atoms with Crippen molar-refractivity contribution in [2.75, 3.05) is 86.1 Å². The average Bonchev–Trinajstić information content (AvgIpc) is 2.93. The van der Waals surface area contributed by atoms with Gasteiger partial charge in [-0.15, -0.1) is 0 Å². The topological polar surface area (TPSA) is 52.2 Å². The second-order valence-electron chi connectivity index (χ2n) is 5.75. The highest BCUT2D eigenvalue weighted by atomic mass is 16.6. The largest absolute Gasteiger partial charge is 0.378 e. The van der Waals surface area contributed by atoms with Crippen LogP contribution in [0.25, 0.3) is 0 Å². The molecule has 0 saturated carbocycles. The summed E-state index contributed by atoms with van der Waals surface area (Å²) in [7, 11) is 1.91. The van der Waals surface area contributed by atoms with Gasteiger partial charge in [0.1, 0.15) is 0 Å². The van der Waals surface area contributed by atoms with Gasteiger partial charge in [-0.3, -0.25) is 0 Å². The van der Waals surface area contributed by atoms with Gasteiger partial charge in [0, 0.05) is 19.6 Å². The number of rotatable bonds is 15. The molecule has 0 bridgehead atoms. The number of hydrogen-bond donors (Lipinski definition) is 1. The standard InChI is InChI=1S/C16H34N2O4/c1-16-3-5-18(15-16)6-8-20-10-12-22-14-13-21-11-9-19-7-4-17-2/h16-17H,3-15H2,1-2H3/t16-/m0/s1. The number of nitrogens with one attached hydrogen (secondary N) is 1. The van der Waals surface area contributed by atoms with E-state index in [0.29, 0.717) is 39.6 Å². The van der Waals surface area contributed by atoms with Crippen molar-refractivity contribution < 1.29 is 18.9 Å². The number of likely N-dealkylation sites (tertiary alicyclic amines) is 1. The lowest BCUT2D eigenvalue weighted by atomic mass is 10.2. The summed E-state index contributed by atoms with van der Waals surface area (Å²) < 4.78 is 21.8. The van der Waals surface area contributed by atoms with E-state index in [2.05, 4.69) is 17.1 Å². The molecule has 1 aliphatic heterocycles. The third kappa shape index (κ3) is 11.3. The molecule has 0 aromatic heterocycles. The maximum Gasteiger partial charge on any atom is 0.0701 e. The number of likely N-dealkylation sites (N-methyl/N-ethyl adjacent to an activating group) is 1. The second-order valence-corrected chi connectivity index (χ2v) is 5.75. The molecule has 1 heterocycles. The summed E-state index contributed by atoms with van der Waals surface area (Å²) in [6, 6.07) is 0. The molecular weight excluding hydrogens is 284 g/mol. The predicted octanol–water partition coefficient (Wildman–Crippen LogP) is 0.614. The highest BCUT2D eigenvalue weighted by Crippen LogP contribution is 2.13. The number of ether oxygens (including phenoxy) is 4. The molecule has 6 heteroatoms. The first-order valence-corrected chi connectivity index (χ1v) is 8.51. The van der Waals surface area contributed by atoms with Gasteiger partial charge in [0.15, 0.2) is 0 Å². The predicted molar refractivity (Wildman–Crippen MR) is 87.4 cm³/mol. The van der Waals surface area contributed by atoms with Crippen LogP contribution in [0.4, 0.5) is 0 Å². The van der Waals surface area contributed by atoms with Crippen molar-refractivity contribution in [2.45, 2.75) is 13.3 Å². The normalized spacial score (nSPS) is 19.1. The fourth-order valence-electron chi connectivity index (χ4n) is 2.36. The summed E-state index contributed by atoms with van der Waals surface area (Å²) >= 11 is 0. The zero-order valence-corrected chi connectivity index (χ0v) is 14.3. The van der Waals surface area contributed by atoms with Crippen LogP contribution in [-0.2, 0) is 18.9 Å². The van der Waals surface area contributed by atoms with E-state index in [-0.39, 0.29) is 0 Å². The minimum absolute atomic E-state index is 0.612. The molecule has 1 fully saturated rings.